The highest BCUT2D eigenvalue weighted by Crippen LogP contribution is 2.37. The van der Waals surface area contributed by atoms with Gasteiger partial charge in [0, 0.05) is 28.2 Å². The van der Waals surface area contributed by atoms with E-state index in [4.69, 9.17) is 0 Å². The Hall–Kier alpha value is -3.06. The Morgan fingerprint density at radius 3 is 2.89 bits per heavy atom. The van der Waals surface area contributed by atoms with E-state index in [-0.39, 0.29) is 5.91 Å². The van der Waals surface area contributed by atoms with Gasteiger partial charge in [-0.1, -0.05) is 16.6 Å². The lowest BCUT2D eigenvalue weighted by Gasteiger charge is -2.10. The van der Waals surface area contributed by atoms with Crippen molar-refractivity contribution in [2.45, 2.75) is 25.8 Å². The van der Waals surface area contributed by atoms with Gasteiger partial charge in [0.2, 0.25) is 0 Å². The van der Waals surface area contributed by atoms with Crippen molar-refractivity contribution in [3.05, 3.63) is 59.2 Å². The molecule has 0 radical (unpaired) electrons. The van der Waals surface area contributed by atoms with E-state index in [1.807, 2.05) is 55.0 Å². The minimum Gasteiger partial charge on any atom is -0.327 e. The predicted molar refractivity (Wildman–Crippen MR) is 106 cm³/mol. The van der Waals surface area contributed by atoms with Gasteiger partial charge in [0.15, 0.2) is 0 Å². The van der Waals surface area contributed by atoms with E-state index in [2.05, 4.69) is 24.5 Å². The van der Waals surface area contributed by atoms with Crippen molar-refractivity contribution in [1.29, 1.82) is 0 Å². The molecule has 1 fully saturated rings. The van der Waals surface area contributed by atoms with Crippen LogP contribution in [0, 0.1) is 6.92 Å². The number of aromatic nitrogens is 4. The van der Waals surface area contributed by atoms with Crippen molar-refractivity contribution in [1.82, 2.24) is 19.1 Å². The van der Waals surface area contributed by atoms with Crippen LogP contribution in [0.15, 0.2) is 48.1 Å². The van der Waals surface area contributed by atoms with Crippen molar-refractivity contribution < 1.29 is 4.79 Å². The van der Waals surface area contributed by atoms with Crippen LogP contribution >= 0.6 is 11.5 Å². The molecule has 6 nitrogen and oxygen atoms in total. The van der Waals surface area contributed by atoms with Crippen LogP contribution in [0.25, 0.3) is 22.3 Å². The Bertz CT molecular complexity index is 1140. The summed E-state index contributed by atoms with van der Waals surface area (Å²) in [6, 6.07) is 12.2. The number of hydrogen-bond donors (Lipinski definition) is 1. The second-order valence-electron chi connectivity index (χ2n) is 6.86. The van der Waals surface area contributed by atoms with Gasteiger partial charge < -0.3 is 9.88 Å². The maximum Gasteiger partial charge on any atom is 0.255 e. The number of carbonyl (C=O) groups excluding carboxylic acids is 1. The molecular weight excluding hydrogens is 358 g/mol. The topological polar surface area (TPSA) is 72.7 Å². The monoisotopic (exact) mass is 375 g/mol. The standard InChI is InChI=1S/C20H17N5OS/c1-12-2-3-13(18-10-27-24-23-18)8-16(12)22-20(26)14-4-7-19-17(9-14)21-11-25(19)15-5-6-15/h2-4,7-11,15H,5-6H2,1H3,(H,22,26). The van der Waals surface area contributed by atoms with Crippen molar-refractivity contribution in [3.63, 3.8) is 0 Å². The number of hydrogen-bond acceptors (Lipinski definition) is 5. The number of aryl methyl sites for hydroxylation is 1. The van der Waals surface area contributed by atoms with Gasteiger partial charge in [-0.3, -0.25) is 4.79 Å². The van der Waals surface area contributed by atoms with Gasteiger partial charge in [-0.25, -0.2) is 4.98 Å². The number of rotatable bonds is 4. The van der Waals surface area contributed by atoms with E-state index in [0.29, 0.717) is 11.6 Å². The van der Waals surface area contributed by atoms with Crippen LogP contribution in [0.3, 0.4) is 0 Å². The SMILES string of the molecule is Cc1ccc(-c2csnn2)cc1NC(=O)c1ccc2c(c1)ncn2C1CC1. The molecule has 1 aliphatic carbocycles. The first kappa shape index (κ1) is 16.1. The van der Waals surface area contributed by atoms with Crippen molar-refractivity contribution in [3.8, 4) is 11.3 Å². The van der Waals surface area contributed by atoms with Crippen LogP contribution < -0.4 is 5.32 Å². The van der Waals surface area contributed by atoms with Crippen LogP contribution in [-0.4, -0.2) is 25.0 Å². The fraction of sp³-hybridized carbons (Fsp3) is 0.200. The highest BCUT2D eigenvalue weighted by Gasteiger charge is 2.25. The molecule has 0 atom stereocenters. The lowest BCUT2D eigenvalue weighted by Crippen LogP contribution is -2.12. The lowest BCUT2D eigenvalue weighted by atomic mass is 10.1. The maximum atomic E-state index is 12.8. The number of fused-ring (bicyclic) bond motifs is 1. The van der Waals surface area contributed by atoms with Gasteiger partial charge in [0.25, 0.3) is 5.91 Å². The fourth-order valence-electron chi connectivity index (χ4n) is 3.22. The molecule has 27 heavy (non-hydrogen) atoms. The molecule has 0 aliphatic heterocycles. The zero-order valence-electron chi connectivity index (χ0n) is 14.7. The normalized spacial score (nSPS) is 13.8. The average molecular weight is 375 g/mol. The van der Waals surface area contributed by atoms with E-state index in [1.165, 1.54) is 24.4 Å². The molecular formula is C20H17N5OS. The Morgan fingerprint density at radius 1 is 1.22 bits per heavy atom. The van der Waals surface area contributed by atoms with Gasteiger partial charge in [0.05, 0.1) is 17.4 Å². The number of benzene rings is 2. The first-order valence-corrected chi connectivity index (χ1v) is 9.69. The van der Waals surface area contributed by atoms with Crippen LogP contribution in [-0.2, 0) is 0 Å². The third-order valence-corrected chi connectivity index (χ3v) is 5.42. The number of nitrogens with zero attached hydrogens (tertiary/aromatic N) is 4. The van der Waals surface area contributed by atoms with E-state index in [9.17, 15) is 4.79 Å². The van der Waals surface area contributed by atoms with Crippen LogP contribution in [0.4, 0.5) is 5.69 Å². The number of anilines is 1. The number of carbonyl (C=O) groups is 1. The Kier molecular flexibility index (Phi) is 3.75. The molecule has 1 amide bonds. The Morgan fingerprint density at radius 2 is 2.11 bits per heavy atom. The molecule has 5 rings (SSSR count). The van der Waals surface area contributed by atoms with Gasteiger partial charge in [-0.2, -0.15) is 0 Å². The molecule has 7 heteroatoms. The second-order valence-corrected chi connectivity index (χ2v) is 7.47. The van der Waals surface area contributed by atoms with Crippen molar-refractivity contribution in [2.24, 2.45) is 0 Å². The van der Waals surface area contributed by atoms with Gasteiger partial charge in [-0.15, -0.1) is 5.10 Å². The minimum absolute atomic E-state index is 0.144. The lowest BCUT2D eigenvalue weighted by molar-refractivity contribution is 0.102. The minimum atomic E-state index is -0.144. The highest BCUT2D eigenvalue weighted by atomic mass is 32.1. The smallest absolute Gasteiger partial charge is 0.255 e. The molecule has 2 heterocycles. The zero-order chi connectivity index (χ0) is 18.4. The van der Waals surface area contributed by atoms with Crippen LogP contribution in [0.1, 0.15) is 34.8 Å². The summed E-state index contributed by atoms with van der Waals surface area (Å²) < 4.78 is 6.10. The molecule has 2 aromatic heterocycles. The molecule has 0 saturated heterocycles. The zero-order valence-corrected chi connectivity index (χ0v) is 15.5. The number of nitrogens with one attached hydrogen (secondary N) is 1. The largest absolute Gasteiger partial charge is 0.327 e. The summed E-state index contributed by atoms with van der Waals surface area (Å²) in [4.78, 5) is 17.3. The van der Waals surface area contributed by atoms with E-state index >= 15 is 0 Å². The van der Waals surface area contributed by atoms with E-state index in [1.54, 1.807) is 0 Å². The third-order valence-electron chi connectivity index (χ3n) is 4.92. The van der Waals surface area contributed by atoms with Gasteiger partial charge in [0.1, 0.15) is 5.69 Å². The quantitative estimate of drug-likeness (QED) is 0.572. The van der Waals surface area contributed by atoms with Gasteiger partial charge >= 0.3 is 0 Å². The summed E-state index contributed by atoms with van der Waals surface area (Å²) in [5, 5.41) is 9.00. The molecule has 0 spiro atoms. The third kappa shape index (κ3) is 3.00. The summed E-state index contributed by atoms with van der Waals surface area (Å²) in [7, 11) is 0. The molecule has 2 aromatic carbocycles. The van der Waals surface area contributed by atoms with Crippen molar-refractivity contribution in [2.75, 3.05) is 5.32 Å². The molecule has 4 aromatic rings. The van der Waals surface area contributed by atoms with Crippen LogP contribution in [0.2, 0.25) is 0 Å². The summed E-state index contributed by atoms with van der Waals surface area (Å²) in [5.41, 5.74) is 6.05. The van der Waals surface area contributed by atoms with Crippen LogP contribution in [0.5, 0.6) is 0 Å². The van der Waals surface area contributed by atoms with Crippen molar-refractivity contribution >= 4 is 34.2 Å². The molecule has 1 aliphatic rings. The first-order valence-electron chi connectivity index (χ1n) is 8.85. The molecule has 1 N–H and O–H groups in total. The predicted octanol–water partition coefficient (Wildman–Crippen LogP) is 4.45. The highest BCUT2D eigenvalue weighted by molar-refractivity contribution is 7.03. The Labute approximate surface area is 160 Å². The Balaban J connectivity index is 1.43. The maximum absolute atomic E-state index is 12.8. The summed E-state index contributed by atoms with van der Waals surface area (Å²) >= 11 is 1.31. The van der Waals surface area contributed by atoms with Gasteiger partial charge in [-0.05, 0) is 61.1 Å². The first-order chi connectivity index (χ1) is 13.2. The molecule has 1 saturated carbocycles. The number of amides is 1. The average Bonchev–Trinajstić information content (AvgIpc) is 3.20. The molecule has 0 unspecified atom stereocenters. The summed E-state index contributed by atoms with van der Waals surface area (Å²) in [6.45, 7) is 1.97. The summed E-state index contributed by atoms with van der Waals surface area (Å²) in [6.07, 6.45) is 4.29. The fourth-order valence-corrected chi connectivity index (χ4v) is 3.68. The van der Waals surface area contributed by atoms with E-state index in [0.717, 1.165) is 33.5 Å². The number of imidazole rings is 1. The molecule has 0 bridgehead atoms. The van der Waals surface area contributed by atoms with E-state index < -0.39 is 0 Å². The summed E-state index contributed by atoms with van der Waals surface area (Å²) in [5.74, 6) is -0.144. The second kappa shape index (κ2) is 6.28. The molecule has 134 valence electrons.